The fourth-order valence-corrected chi connectivity index (χ4v) is 2.70. The maximum Gasteiger partial charge on any atom is 0.0292 e. The molecule has 0 aromatic heterocycles. The lowest BCUT2D eigenvalue weighted by atomic mass is 10.0. The van der Waals surface area contributed by atoms with Gasteiger partial charge in [-0.1, -0.05) is 18.2 Å². The van der Waals surface area contributed by atoms with Crippen LogP contribution in [-0.4, -0.2) is 31.1 Å². The lowest BCUT2D eigenvalue weighted by molar-refractivity contribution is 0.293. The van der Waals surface area contributed by atoms with Crippen molar-refractivity contribution in [2.75, 3.05) is 20.1 Å². The van der Waals surface area contributed by atoms with Gasteiger partial charge in [0, 0.05) is 18.6 Å². The van der Waals surface area contributed by atoms with Gasteiger partial charge in [0.2, 0.25) is 0 Å². The Bertz CT molecular complexity index is 400. The van der Waals surface area contributed by atoms with E-state index >= 15 is 0 Å². The highest BCUT2D eigenvalue weighted by molar-refractivity contribution is 5.31. The first-order valence-corrected chi connectivity index (χ1v) is 7.08. The summed E-state index contributed by atoms with van der Waals surface area (Å²) in [6.45, 7) is 8.98. The van der Waals surface area contributed by atoms with Crippen LogP contribution < -0.4 is 5.32 Å². The third-order valence-electron chi connectivity index (χ3n) is 4.36. The van der Waals surface area contributed by atoms with Crippen molar-refractivity contribution in [3.63, 3.8) is 0 Å². The second-order valence-corrected chi connectivity index (χ2v) is 5.75. The van der Waals surface area contributed by atoms with Gasteiger partial charge >= 0.3 is 0 Å². The SMILES string of the molecule is Cc1ccc(C(C)NCC2CCCN2C)cc1C. The number of aryl methyl sites for hydroxylation is 2. The molecule has 0 spiro atoms. The van der Waals surface area contributed by atoms with Crippen LogP contribution in [0.4, 0.5) is 0 Å². The molecule has 1 N–H and O–H groups in total. The molecule has 2 nitrogen and oxygen atoms in total. The Balaban J connectivity index is 1.90. The summed E-state index contributed by atoms with van der Waals surface area (Å²) in [5.41, 5.74) is 4.17. The molecule has 1 aliphatic rings. The van der Waals surface area contributed by atoms with Crippen LogP contribution in [0.5, 0.6) is 0 Å². The molecular weight excluding hydrogens is 220 g/mol. The fraction of sp³-hybridized carbons (Fsp3) is 0.625. The molecule has 1 aromatic carbocycles. The van der Waals surface area contributed by atoms with Crippen LogP contribution in [0.25, 0.3) is 0 Å². The van der Waals surface area contributed by atoms with Crippen molar-refractivity contribution < 1.29 is 0 Å². The highest BCUT2D eigenvalue weighted by atomic mass is 15.2. The first-order chi connectivity index (χ1) is 8.58. The van der Waals surface area contributed by atoms with Gasteiger partial charge in [0.25, 0.3) is 0 Å². The molecule has 0 radical (unpaired) electrons. The van der Waals surface area contributed by atoms with Gasteiger partial charge in [0.1, 0.15) is 0 Å². The largest absolute Gasteiger partial charge is 0.309 e. The van der Waals surface area contributed by atoms with Crippen molar-refractivity contribution in [2.45, 2.75) is 45.7 Å². The van der Waals surface area contributed by atoms with Crippen molar-refractivity contribution >= 4 is 0 Å². The summed E-state index contributed by atoms with van der Waals surface area (Å²) in [4.78, 5) is 2.47. The van der Waals surface area contributed by atoms with Gasteiger partial charge in [-0.25, -0.2) is 0 Å². The van der Waals surface area contributed by atoms with Crippen molar-refractivity contribution in [3.05, 3.63) is 34.9 Å². The minimum Gasteiger partial charge on any atom is -0.309 e. The summed E-state index contributed by atoms with van der Waals surface area (Å²) in [5, 5.41) is 3.68. The maximum absolute atomic E-state index is 3.68. The molecule has 2 unspecified atom stereocenters. The maximum atomic E-state index is 3.68. The van der Waals surface area contributed by atoms with Crippen LogP contribution in [0.1, 0.15) is 42.5 Å². The third kappa shape index (κ3) is 3.12. The molecule has 100 valence electrons. The summed E-state index contributed by atoms with van der Waals surface area (Å²) in [7, 11) is 2.24. The summed E-state index contributed by atoms with van der Waals surface area (Å²) in [6.07, 6.45) is 2.68. The molecular formula is C16H26N2. The molecule has 1 fully saturated rings. The standard InChI is InChI=1S/C16H26N2/c1-12-7-8-15(10-13(12)2)14(3)17-11-16-6-5-9-18(16)4/h7-8,10,14,16-17H,5-6,9,11H2,1-4H3. The average molecular weight is 246 g/mol. The van der Waals surface area contributed by atoms with Crippen LogP contribution in [-0.2, 0) is 0 Å². The van der Waals surface area contributed by atoms with Gasteiger partial charge in [-0.2, -0.15) is 0 Å². The minimum absolute atomic E-state index is 0.443. The number of hydrogen-bond acceptors (Lipinski definition) is 2. The second-order valence-electron chi connectivity index (χ2n) is 5.75. The van der Waals surface area contributed by atoms with Crippen LogP contribution in [0.3, 0.4) is 0 Å². The molecule has 2 heteroatoms. The molecule has 1 heterocycles. The topological polar surface area (TPSA) is 15.3 Å². The Morgan fingerprint density at radius 2 is 2.11 bits per heavy atom. The highest BCUT2D eigenvalue weighted by Gasteiger charge is 2.21. The zero-order valence-corrected chi connectivity index (χ0v) is 12.2. The van der Waals surface area contributed by atoms with E-state index < -0.39 is 0 Å². The van der Waals surface area contributed by atoms with Gasteiger partial charge in [0.05, 0.1) is 0 Å². The van der Waals surface area contributed by atoms with E-state index in [1.807, 2.05) is 0 Å². The lowest BCUT2D eigenvalue weighted by Crippen LogP contribution is -2.36. The number of nitrogens with one attached hydrogen (secondary N) is 1. The van der Waals surface area contributed by atoms with Gasteiger partial charge in [-0.05, 0) is 63.9 Å². The Kier molecular flexibility index (Phi) is 4.41. The predicted octanol–water partition coefficient (Wildman–Crippen LogP) is 3.05. The van der Waals surface area contributed by atoms with E-state index in [1.54, 1.807) is 0 Å². The van der Waals surface area contributed by atoms with Crippen molar-refractivity contribution in [3.8, 4) is 0 Å². The molecule has 1 aliphatic heterocycles. The third-order valence-corrected chi connectivity index (χ3v) is 4.36. The summed E-state index contributed by atoms with van der Waals surface area (Å²) in [5.74, 6) is 0. The van der Waals surface area contributed by atoms with E-state index in [-0.39, 0.29) is 0 Å². The van der Waals surface area contributed by atoms with Gasteiger partial charge in [-0.3, -0.25) is 0 Å². The van der Waals surface area contributed by atoms with Crippen molar-refractivity contribution in [1.82, 2.24) is 10.2 Å². The molecule has 0 aliphatic carbocycles. The number of rotatable bonds is 4. The molecule has 18 heavy (non-hydrogen) atoms. The zero-order chi connectivity index (χ0) is 13.1. The second kappa shape index (κ2) is 5.85. The van der Waals surface area contributed by atoms with Crippen LogP contribution in [0.15, 0.2) is 18.2 Å². The fourth-order valence-electron chi connectivity index (χ4n) is 2.70. The molecule has 0 saturated carbocycles. The smallest absolute Gasteiger partial charge is 0.0292 e. The number of likely N-dealkylation sites (tertiary alicyclic amines) is 1. The molecule has 1 saturated heterocycles. The monoisotopic (exact) mass is 246 g/mol. The molecule has 1 aromatic rings. The predicted molar refractivity (Wildman–Crippen MR) is 78.0 cm³/mol. The molecule has 0 bridgehead atoms. The highest BCUT2D eigenvalue weighted by Crippen LogP contribution is 2.18. The molecule has 0 amide bonds. The van der Waals surface area contributed by atoms with Crippen molar-refractivity contribution in [1.29, 1.82) is 0 Å². The lowest BCUT2D eigenvalue weighted by Gasteiger charge is -2.23. The number of hydrogen-bond donors (Lipinski definition) is 1. The molecule has 2 rings (SSSR count). The van der Waals surface area contributed by atoms with E-state index in [0.717, 1.165) is 12.6 Å². The Hall–Kier alpha value is -0.860. The van der Waals surface area contributed by atoms with Gasteiger partial charge in [-0.15, -0.1) is 0 Å². The molecule has 2 atom stereocenters. The van der Waals surface area contributed by atoms with E-state index in [2.05, 4.69) is 56.2 Å². The van der Waals surface area contributed by atoms with Gasteiger partial charge < -0.3 is 10.2 Å². The summed E-state index contributed by atoms with van der Waals surface area (Å²) in [6, 6.07) is 7.95. The van der Waals surface area contributed by atoms with Crippen LogP contribution in [0, 0.1) is 13.8 Å². The first kappa shape index (κ1) is 13.6. The first-order valence-electron chi connectivity index (χ1n) is 7.08. The minimum atomic E-state index is 0.443. The van der Waals surface area contributed by atoms with Crippen LogP contribution >= 0.6 is 0 Å². The van der Waals surface area contributed by atoms with E-state index in [1.165, 1.54) is 36.1 Å². The average Bonchev–Trinajstić information content (AvgIpc) is 2.75. The van der Waals surface area contributed by atoms with E-state index in [0.29, 0.717) is 6.04 Å². The Morgan fingerprint density at radius 1 is 1.33 bits per heavy atom. The summed E-state index contributed by atoms with van der Waals surface area (Å²) < 4.78 is 0. The Morgan fingerprint density at radius 3 is 2.72 bits per heavy atom. The zero-order valence-electron chi connectivity index (χ0n) is 12.2. The Labute approximate surface area is 111 Å². The van der Waals surface area contributed by atoms with Gasteiger partial charge in [0.15, 0.2) is 0 Å². The number of benzene rings is 1. The number of likely N-dealkylation sites (N-methyl/N-ethyl adjacent to an activating group) is 1. The number of nitrogens with zero attached hydrogens (tertiary/aromatic N) is 1. The summed E-state index contributed by atoms with van der Waals surface area (Å²) >= 11 is 0. The van der Waals surface area contributed by atoms with E-state index in [4.69, 9.17) is 0 Å². The normalized spacial score (nSPS) is 22.3. The quantitative estimate of drug-likeness (QED) is 0.878. The van der Waals surface area contributed by atoms with E-state index in [9.17, 15) is 0 Å². The van der Waals surface area contributed by atoms with Crippen molar-refractivity contribution in [2.24, 2.45) is 0 Å². The van der Waals surface area contributed by atoms with Crippen LogP contribution in [0.2, 0.25) is 0 Å².